The number of para-hydroxylation sites is 3. The molecule has 0 radical (unpaired) electrons. The lowest BCUT2D eigenvalue weighted by atomic mass is 10.0. The zero-order valence-electron chi connectivity index (χ0n) is 13.8. The van der Waals surface area contributed by atoms with E-state index in [0.29, 0.717) is 5.75 Å². The summed E-state index contributed by atoms with van der Waals surface area (Å²) in [6, 6.07) is 22.1. The lowest BCUT2D eigenvalue weighted by Crippen LogP contribution is -2.24. The minimum atomic E-state index is -0.210. The summed E-state index contributed by atoms with van der Waals surface area (Å²) in [6.45, 7) is 1.98. The maximum atomic E-state index is 10.6. The van der Waals surface area contributed by atoms with Crippen LogP contribution < -0.4 is 5.32 Å². The molecule has 0 unspecified atom stereocenters. The van der Waals surface area contributed by atoms with Gasteiger partial charge in [-0.3, -0.25) is 4.57 Å². The van der Waals surface area contributed by atoms with Crippen molar-refractivity contribution in [2.45, 2.75) is 13.1 Å². The van der Waals surface area contributed by atoms with Crippen LogP contribution >= 0.6 is 0 Å². The van der Waals surface area contributed by atoms with Crippen molar-refractivity contribution in [2.75, 3.05) is 5.32 Å². The van der Waals surface area contributed by atoms with Gasteiger partial charge in [-0.15, -0.1) is 0 Å². The smallest absolute Gasteiger partial charge is 0.145 e. The Kier molecular flexibility index (Phi) is 2.88. The molecule has 1 aliphatic rings. The van der Waals surface area contributed by atoms with Gasteiger partial charge in [0.2, 0.25) is 0 Å². The molecule has 0 amide bonds. The summed E-state index contributed by atoms with van der Waals surface area (Å²) in [5, 5.41) is 14.1. The number of phenols is 1. The van der Waals surface area contributed by atoms with Crippen LogP contribution in [0.4, 0.5) is 5.69 Å². The molecule has 4 heteroatoms. The molecule has 1 atom stereocenters. The Bertz CT molecular complexity index is 1110. The van der Waals surface area contributed by atoms with E-state index in [9.17, 15) is 5.11 Å². The van der Waals surface area contributed by atoms with E-state index >= 15 is 0 Å². The van der Waals surface area contributed by atoms with Gasteiger partial charge in [-0.2, -0.15) is 0 Å². The Morgan fingerprint density at radius 3 is 2.68 bits per heavy atom. The summed E-state index contributed by atoms with van der Waals surface area (Å²) in [7, 11) is 0. The standard InChI is InChI=1S/C21H17N3O/c1-13-10-11-15(19(25)12-13)21-22-16-7-3-2-6-14(16)20-23-17-8-4-5-9-18(17)24(20)21/h2-12,21-22,25H,1H3/t21-/m0/s1. The molecule has 2 heterocycles. The number of nitrogens with one attached hydrogen (secondary N) is 1. The number of phenolic OH excluding ortho intramolecular Hbond substituents is 1. The highest BCUT2D eigenvalue weighted by molar-refractivity contribution is 5.86. The number of benzene rings is 3. The van der Waals surface area contributed by atoms with Gasteiger partial charge in [-0.05, 0) is 42.8 Å². The lowest BCUT2D eigenvalue weighted by molar-refractivity contribution is 0.459. The third-order valence-corrected chi connectivity index (χ3v) is 4.79. The first kappa shape index (κ1) is 14.1. The molecule has 4 aromatic rings. The van der Waals surface area contributed by atoms with Crippen LogP contribution in [-0.2, 0) is 0 Å². The molecular weight excluding hydrogens is 310 g/mol. The van der Waals surface area contributed by atoms with Crippen LogP contribution in [0.15, 0.2) is 66.7 Å². The molecule has 0 bridgehead atoms. The van der Waals surface area contributed by atoms with Crippen molar-refractivity contribution >= 4 is 16.7 Å². The number of hydrogen-bond acceptors (Lipinski definition) is 3. The van der Waals surface area contributed by atoms with Gasteiger partial charge in [0.15, 0.2) is 0 Å². The molecule has 0 saturated heterocycles. The Morgan fingerprint density at radius 1 is 1.00 bits per heavy atom. The van der Waals surface area contributed by atoms with Crippen LogP contribution in [0.25, 0.3) is 22.4 Å². The number of imidazole rings is 1. The van der Waals surface area contributed by atoms with Gasteiger partial charge in [-0.25, -0.2) is 4.98 Å². The fourth-order valence-corrected chi connectivity index (χ4v) is 3.61. The summed E-state index contributed by atoms with van der Waals surface area (Å²) in [5.41, 5.74) is 5.96. The molecule has 0 fully saturated rings. The Morgan fingerprint density at radius 2 is 1.80 bits per heavy atom. The van der Waals surface area contributed by atoms with Crippen LogP contribution in [0.5, 0.6) is 5.75 Å². The number of rotatable bonds is 1. The van der Waals surface area contributed by atoms with E-state index in [1.54, 1.807) is 6.07 Å². The maximum Gasteiger partial charge on any atom is 0.145 e. The van der Waals surface area contributed by atoms with E-state index in [-0.39, 0.29) is 6.17 Å². The van der Waals surface area contributed by atoms with E-state index in [1.165, 1.54) is 0 Å². The molecule has 0 aliphatic carbocycles. The molecular formula is C21H17N3O. The second-order valence-corrected chi connectivity index (χ2v) is 6.45. The first-order chi connectivity index (χ1) is 12.2. The average molecular weight is 327 g/mol. The van der Waals surface area contributed by atoms with Crippen LogP contribution in [0.2, 0.25) is 0 Å². The zero-order chi connectivity index (χ0) is 17.0. The van der Waals surface area contributed by atoms with Crippen molar-refractivity contribution in [3.8, 4) is 17.1 Å². The van der Waals surface area contributed by atoms with E-state index in [1.807, 2.05) is 49.4 Å². The predicted octanol–water partition coefficient (Wildman–Crippen LogP) is 4.69. The molecule has 3 aromatic carbocycles. The predicted molar refractivity (Wildman–Crippen MR) is 99.8 cm³/mol. The number of fused-ring (bicyclic) bond motifs is 5. The lowest BCUT2D eigenvalue weighted by Gasteiger charge is -2.30. The second-order valence-electron chi connectivity index (χ2n) is 6.45. The number of aromatic hydroxyl groups is 1. The summed E-state index contributed by atoms with van der Waals surface area (Å²) < 4.78 is 2.17. The highest BCUT2D eigenvalue weighted by atomic mass is 16.3. The van der Waals surface area contributed by atoms with Gasteiger partial charge in [-0.1, -0.05) is 36.4 Å². The van der Waals surface area contributed by atoms with Gasteiger partial charge in [0.1, 0.15) is 17.7 Å². The summed E-state index contributed by atoms with van der Waals surface area (Å²) in [4.78, 5) is 4.86. The van der Waals surface area contributed by atoms with Crippen LogP contribution in [0.1, 0.15) is 17.3 Å². The fraction of sp³-hybridized carbons (Fsp3) is 0.0952. The SMILES string of the molecule is Cc1ccc([C@H]2Nc3ccccc3-c3nc4ccccc4n32)c(O)c1. The highest BCUT2D eigenvalue weighted by Crippen LogP contribution is 2.42. The number of hydrogen-bond donors (Lipinski definition) is 2. The van der Waals surface area contributed by atoms with E-state index in [0.717, 1.165) is 39.2 Å². The van der Waals surface area contributed by atoms with Crippen LogP contribution in [-0.4, -0.2) is 14.7 Å². The summed E-state index contributed by atoms with van der Waals surface area (Å²) in [5.74, 6) is 1.21. The second kappa shape index (κ2) is 5.11. The monoisotopic (exact) mass is 327 g/mol. The van der Waals surface area contributed by atoms with Crippen molar-refractivity contribution < 1.29 is 5.11 Å². The van der Waals surface area contributed by atoms with Crippen molar-refractivity contribution in [3.05, 3.63) is 77.9 Å². The van der Waals surface area contributed by atoms with Gasteiger partial charge >= 0.3 is 0 Å². The third-order valence-electron chi connectivity index (χ3n) is 4.79. The molecule has 4 nitrogen and oxygen atoms in total. The number of anilines is 1. The fourth-order valence-electron chi connectivity index (χ4n) is 3.61. The van der Waals surface area contributed by atoms with E-state index in [2.05, 4.69) is 28.1 Å². The minimum Gasteiger partial charge on any atom is -0.508 e. The topological polar surface area (TPSA) is 50.1 Å². The normalized spacial score (nSPS) is 15.5. The largest absolute Gasteiger partial charge is 0.508 e. The Balaban J connectivity index is 1.83. The van der Waals surface area contributed by atoms with Crippen LogP contribution in [0.3, 0.4) is 0 Å². The van der Waals surface area contributed by atoms with E-state index < -0.39 is 0 Å². The molecule has 1 aliphatic heterocycles. The van der Waals surface area contributed by atoms with E-state index in [4.69, 9.17) is 4.98 Å². The third kappa shape index (κ3) is 2.04. The Hall–Kier alpha value is -3.27. The summed E-state index contributed by atoms with van der Waals surface area (Å²) in [6.07, 6.45) is -0.210. The molecule has 2 N–H and O–H groups in total. The zero-order valence-corrected chi connectivity index (χ0v) is 13.8. The summed E-state index contributed by atoms with van der Waals surface area (Å²) >= 11 is 0. The van der Waals surface area contributed by atoms with Gasteiger partial charge < -0.3 is 10.4 Å². The van der Waals surface area contributed by atoms with Crippen molar-refractivity contribution in [2.24, 2.45) is 0 Å². The quantitative estimate of drug-likeness (QED) is 0.533. The van der Waals surface area contributed by atoms with Crippen molar-refractivity contribution in [1.82, 2.24) is 9.55 Å². The minimum absolute atomic E-state index is 0.210. The van der Waals surface area contributed by atoms with Crippen molar-refractivity contribution in [3.63, 3.8) is 0 Å². The number of nitrogens with zero attached hydrogens (tertiary/aromatic N) is 2. The van der Waals surface area contributed by atoms with Crippen LogP contribution in [0, 0.1) is 6.92 Å². The average Bonchev–Trinajstić information content (AvgIpc) is 3.01. The van der Waals surface area contributed by atoms with Gasteiger partial charge in [0.05, 0.1) is 11.0 Å². The molecule has 122 valence electrons. The molecule has 0 spiro atoms. The molecule has 0 saturated carbocycles. The highest BCUT2D eigenvalue weighted by Gasteiger charge is 2.29. The maximum absolute atomic E-state index is 10.6. The number of aromatic nitrogens is 2. The van der Waals surface area contributed by atoms with Crippen molar-refractivity contribution in [1.29, 1.82) is 0 Å². The van der Waals surface area contributed by atoms with Gasteiger partial charge in [0.25, 0.3) is 0 Å². The molecule has 5 rings (SSSR count). The molecule has 25 heavy (non-hydrogen) atoms. The Labute approximate surface area is 145 Å². The first-order valence-corrected chi connectivity index (χ1v) is 8.35. The van der Waals surface area contributed by atoms with Gasteiger partial charge in [0, 0.05) is 16.8 Å². The first-order valence-electron chi connectivity index (χ1n) is 8.35. The number of aryl methyl sites for hydroxylation is 1. The molecule has 1 aromatic heterocycles.